The number of hydrogen-bond acceptors (Lipinski definition) is 2. The highest BCUT2D eigenvalue weighted by Crippen LogP contribution is 2.17. The smallest absolute Gasteiger partial charge is 0.315 e. The molecule has 1 heterocycles. The van der Waals surface area contributed by atoms with Crippen LogP contribution in [0, 0.1) is 0 Å². The van der Waals surface area contributed by atoms with Crippen LogP contribution < -0.4 is 16.0 Å². The Morgan fingerprint density at radius 3 is 2.41 bits per heavy atom. The van der Waals surface area contributed by atoms with E-state index in [0.717, 1.165) is 19.3 Å². The SMILES string of the molecule is O=C1CC[C@H](NC(=O)NC2CCCCC2)CN1. The van der Waals surface area contributed by atoms with Gasteiger partial charge in [-0.3, -0.25) is 4.79 Å². The summed E-state index contributed by atoms with van der Waals surface area (Å²) in [6.45, 7) is 0.552. The van der Waals surface area contributed by atoms with Gasteiger partial charge in [0, 0.05) is 25.0 Å². The number of urea groups is 1. The summed E-state index contributed by atoms with van der Waals surface area (Å²) in [6.07, 6.45) is 7.14. The van der Waals surface area contributed by atoms with Crippen LogP contribution in [0.15, 0.2) is 0 Å². The molecule has 2 fully saturated rings. The molecule has 5 nitrogen and oxygen atoms in total. The monoisotopic (exact) mass is 239 g/mol. The van der Waals surface area contributed by atoms with E-state index in [2.05, 4.69) is 16.0 Å². The van der Waals surface area contributed by atoms with E-state index < -0.39 is 0 Å². The minimum Gasteiger partial charge on any atom is -0.354 e. The van der Waals surface area contributed by atoms with Crippen molar-refractivity contribution in [3.05, 3.63) is 0 Å². The Morgan fingerprint density at radius 2 is 1.76 bits per heavy atom. The van der Waals surface area contributed by atoms with Crippen LogP contribution in [-0.4, -0.2) is 30.6 Å². The summed E-state index contributed by atoms with van der Waals surface area (Å²) in [6, 6.07) is 0.330. The predicted molar refractivity (Wildman–Crippen MR) is 64.6 cm³/mol. The molecule has 2 aliphatic rings. The molecule has 0 bridgehead atoms. The van der Waals surface area contributed by atoms with Gasteiger partial charge in [0.25, 0.3) is 0 Å². The molecule has 17 heavy (non-hydrogen) atoms. The Labute approximate surface area is 102 Å². The molecule has 1 atom stereocenters. The van der Waals surface area contributed by atoms with Crippen molar-refractivity contribution in [3.8, 4) is 0 Å². The second kappa shape index (κ2) is 5.89. The maximum Gasteiger partial charge on any atom is 0.315 e. The van der Waals surface area contributed by atoms with E-state index in [1.54, 1.807) is 0 Å². The number of rotatable bonds is 2. The van der Waals surface area contributed by atoms with Gasteiger partial charge in [-0.2, -0.15) is 0 Å². The lowest BCUT2D eigenvalue weighted by Gasteiger charge is -2.27. The van der Waals surface area contributed by atoms with Crippen LogP contribution in [0.25, 0.3) is 0 Å². The molecule has 0 aromatic rings. The lowest BCUT2D eigenvalue weighted by atomic mass is 9.96. The Hall–Kier alpha value is -1.26. The molecule has 3 N–H and O–H groups in total. The first kappa shape index (κ1) is 12.2. The first-order chi connectivity index (χ1) is 8.24. The standard InChI is InChI=1S/C12H21N3O2/c16-11-7-6-10(8-13-11)15-12(17)14-9-4-2-1-3-5-9/h9-10H,1-8H2,(H,13,16)(H2,14,15,17)/t10-/m0/s1. The van der Waals surface area contributed by atoms with Crippen molar-refractivity contribution in [2.75, 3.05) is 6.54 Å². The summed E-state index contributed by atoms with van der Waals surface area (Å²) < 4.78 is 0. The first-order valence-corrected chi connectivity index (χ1v) is 6.58. The lowest BCUT2D eigenvalue weighted by Crippen LogP contribution is -2.52. The first-order valence-electron chi connectivity index (χ1n) is 6.58. The zero-order chi connectivity index (χ0) is 12.1. The van der Waals surface area contributed by atoms with E-state index in [4.69, 9.17) is 0 Å². The van der Waals surface area contributed by atoms with Gasteiger partial charge in [-0.05, 0) is 19.3 Å². The van der Waals surface area contributed by atoms with Crippen molar-refractivity contribution in [1.82, 2.24) is 16.0 Å². The van der Waals surface area contributed by atoms with Crippen LogP contribution in [0.3, 0.4) is 0 Å². The van der Waals surface area contributed by atoms with E-state index in [1.165, 1.54) is 19.3 Å². The van der Waals surface area contributed by atoms with Crippen LogP contribution in [0.4, 0.5) is 4.79 Å². The van der Waals surface area contributed by atoms with Gasteiger partial charge < -0.3 is 16.0 Å². The summed E-state index contributed by atoms with van der Waals surface area (Å²) in [4.78, 5) is 22.7. The number of carbonyl (C=O) groups excluding carboxylic acids is 2. The summed E-state index contributed by atoms with van der Waals surface area (Å²) >= 11 is 0. The van der Waals surface area contributed by atoms with Gasteiger partial charge in [-0.15, -0.1) is 0 Å². The van der Waals surface area contributed by atoms with Crippen molar-refractivity contribution >= 4 is 11.9 Å². The fourth-order valence-electron chi connectivity index (χ4n) is 2.52. The van der Waals surface area contributed by atoms with Crippen LogP contribution in [0.5, 0.6) is 0 Å². The third-order valence-corrected chi connectivity index (χ3v) is 3.54. The molecule has 1 aliphatic heterocycles. The fourth-order valence-corrected chi connectivity index (χ4v) is 2.52. The van der Waals surface area contributed by atoms with Gasteiger partial charge in [0.2, 0.25) is 5.91 Å². The molecule has 0 aromatic heterocycles. The number of piperidine rings is 1. The summed E-state index contributed by atoms with van der Waals surface area (Å²) in [5.41, 5.74) is 0. The number of amides is 3. The van der Waals surface area contributed by atoms with Crippen molar-refractivity contribution < 1.29 is 9.59 Å². The Bertz CT molecular complexity index is 277. The highest BCUT2D eigenvalue weighted by molar-refractivity contribution is 5.78. The Balaban J connectivity index is 1.67. The second-order valence-electron chi connectivity index (χ2n) is 4.99. The van der Waals surface area contributed by atoms with E-state index in [0.29, 0.717) is 19.0 Å². The molecule has 1 saturated heterocycles. The van der Waals surface area contributed by atoms with Gasteiger partial charge in [-0.25, -0.2) is 4.79 Å². The number of carbonyl (C=O) groups is 2. The Morgan fingerprint density at radius 1 is 1.06 bits per heavy atom. The maximum atomic E-state index is 11.7. The molecule has 3 amide bonds. The molecule has 1 saturated carbocycles. The third-order valence-electron chi connectivity index (χ3n) is 3.54. The average molecular weight is 239 g/mol. The minimum atomic E-state index is -0.0851. The molecule has 0 aromatic carbocycles. The Kier molecular flexibility index (Phi) is 4.23. The largest absolute Gasteiger partial charge is 0.354 e. The molecule has 0 radical (unpaired) electrons. The zero-order valence-corrected chi connectivity index (χ0v) is 10.1. The molecule has 96 valence electrons. The van der Waals surface area contributed by atoms with E-state index >= 15 is 0 Å². The topological polar surface area (TPSA) is 70.2 Å². The molecule has 0 unspecified atom stereocenters. The van der Waals surface area contributed by atoms with Crippen molar-refractivity contribution in [1.29, 1.82) is 0 Å². The summed E-state index contributed by atoms with van der Waals surface area (Å²) in [5, 5.41) is 8.70. The molecule has 1 aliphatic carbocycles. The van der Waals surface area contributed by atoms with Crippen LogP contribution >= 0.6 is 0 Å². The lowest BCUT2D eigenvalue weighted by molar-refractivity contribution is -0.122. The van der Waals surface area contributed by atoms with Crippen LogP contribution in [0.2, 0.25) is 0 Å². The molecule has 5 heteroatoms. The highest BCUT2D eigenvalue weighted by Gasteiger charge is 2.21. The minimum absolute atomic E-state index is 0.0794. The average Bonchev–Trinajstić information content (AvgIpc) is 2.33. The fraction of sp³-hybridized carbons (Fsp3) is 0.833. The van der Waals surface area contributed by atoms with Crippen LogP contribution in [0.1, 0.15) is 44.9 Å². The quantitative estimate of drug-likeness (QED) is 0.670. The van der Waals surface area contributed by atoms with Crippen molar-refractivity contribution in [2.45, 2.75) is 57.0 Å². The van der Waals surface area contributed by atoms with Gasteiger partial charge in [0.1, 0.15) is 0 Å². The third kappa shape index (κ3) is 3.91. The van der Waals surface area contributed by atoms with E-state index in [-0.39, 0.29) is 18.0 Å². The van der Waals surface area contributed by atoms with Crippen molar-refractivity contribution in [2.24, 2.45) is 0 Å². The molecular formula is C12H21N3O2. The summed E-state index contributed by atoms with van der Waals surface area (Å²) in [7, 11) is 0. The molecule has 2 rings (SSSR count). The van der Waals surface area contributed by atoms with E-state index in [1.807, 2.05) is 0 Å². The van der Waals surface area contributed by atoms with E-state index in [9.17, 15) is 9.59 Å². The van der Waals surface area contributed by atoms with Crippen LogP contribution in [-0.2, 0) is 4.79 Å². The molecule has 0 spiro atoms. The van der Waals surface area contributed by atoms with Crippen molar-refractivity contribution in [3.63, 3.8) is 0 Å². The summed E-state index contributed by atoms with van der Waals surface area (Å²) in [5.74, 6) is 0.0794. The molecular weight excluding hydrogens is 218 g/mol. The predicted octanol–water partition coefficient (Wildman–Crippen LogP) is 0.897. The highest BCUT2D eigenvalue weighted by atomic mass is 16.2. The van der Waals surface area contributed by atoms with Gasteiger partial charge in [0.15, 0.2) is 0 Å². The number of nitrogens with one attached hydrogen (secondary N) is 3. The maximum absolute atomic E-state index is 11.7. The van der Waals surface area contributed by atoms with Gasteiger partial charge in [0.05, 0.1) is 0 Å². The zero-order valence-electron chi connectivity index (χ0n) is 10.1. The second-order valence-corrected chi connectivity index (χ2v) is 4.99. The van der Waals surface area contributed by atoms with Gasteiger partial charge >= 0.3 is 6.03 Å². The number of hydrogen-bond donors (Lipinski definition) is 3. The normalized spacial score (nSPS) is 26.1. The van der Waals surface area contributed by atoms with Gasteiger partial charge in [-0.1, -0.05) is 19.3 Å².